The average Bonchev–Trinajstić information content (AvgIpc) is 2.99. The normalized spacial score (nSPS) is 12.3. The van der Waals surface area contributed by atoms with Crippen LogP contribution in [-0.2, 0) is 11.3 Å². The fourth-order valence-electron chi connectivity index (χ4n) is 3.05. The van der Waals surface area contributed by atoms with Crippen molar-refractivity contribution in [2.45, 2.75) is 45.3 Å². The summed E-state index contributed by atoms with van der Waals surface area (Å²) in [5.74, 6) is 0.432. The van der Waals surface area contributed by atoms with Gasteiger partial charge in [-0.15, -0.1) is 11.3 Å². The SMILES string of the molecule is CCn1c(SCC(=O)NC[C@@H](C)c2ccccc2)nc2sc(C)c(C)c2c1=O. The smallest absolute Gasteiger partial charge is 0.263 e. The van der Waals surface area contributed by atoms with E-state index in [9.17, 15) is 9.59 Å². The molecule has 0 saturated heterocycles. The summed E-state index contributed by atoms with van der Waals surface area (Å²) < 4.78 is 1.66. The lowest BCUT2D eigenvalue weighted by Crippen LogP contribution is -2.29. The number of hydrogen-bond donors (Lipinski definition) is 1. The highest BCUT2D eigenvalue weighted by Crippen LogP contribution is 2.28. The Morgan fingerprint density at radius 3 is 2.68 bits per heavy atom. The minimum Gasteiger partial charge on any atom is -0.355 e. The fraction of sp³-hybridized carbons (Fsp3) is 0.381. The summed E-state index contributed by atoms with van der Waals surface area (Å²) in [5, 5.41) is 4.29. The van der Waals surface area contributed by atoms with E-state index < -0.39 is 0 Å². The van der Waals surface area contributed by atoms with E-state index >= 15 is 0 Å². The van der Waals surface area contributed by atoms with E-state index in [4.69, 9.17) is 0 Å². The van der Waals surface area contributed by atoms with Crippen LogP contribution in [0.15, 0.2) is 40.3 Å². The number of thiophene rings is 1. The number of nitrogens with zero attached hydrogens (tertiary/aromatic N) is 2. The monoisotopic (exact) mass is 415 g/mol. The van der Waals surface area contributed by atoms with Gasteiger partial charge in [0, 0.05) is 18.0 Å². The van der Waals surface area contributed by atoms with Crippen LogP contribution in [0.25, 0.3) is 10.2 Å². The lowest BCUT2D eigenvalue weighted by Gasteiger charge is -2.13. The molecular weight excluding hydrogens is 390 g/mol. The standard InChI is InChI=1S/C21H25N3O2S2/c1-5-24-20(26)18-14(3)15(4)28-19(18)23-21(24)27-12-17(25)22-11-13(2)16-9-7-6-8-10-16/h6-10,13H,5,11-12H2,1-4H3,(H,22,25)/t13-/m1/s1. The van der Waals surface area contributed by atoms with E-state index in [1.807, 2.05) is 39.0 Å². The van der Waals surface area contributed by atoms with Gasteiger partial charge >= 0.3 is 0 Å². The minimum atomic E-state index is -0.0525. The Kier molecular flexibility index (Phi) is 6.57. The van der Waals surface area contributed by atoms with E-state index in [-0.39, 0.29) is 23.1 Å². The third kappa shape index (κ3) is 4.31. The van der Waals surface area contributed by atoms with Crippen LogP contribution in [0.3, 0.4) is 0 Å². The molecule has 0 aliphatic rings. The molecule has 1 N–H and O–H groups in total. The van der Waals surface area contributed by atoms with E-state index in [0.29, 0.717) is 23.6 Å². The molecule has 0 radical (unpaired) electrons. The molecule has 5 nitrogen and oxygen atoms in total. The number of fused-ring (bicyclic) bond motifs is 1. The van der Waals surface area contributed by atoms with Gasteiger partial charge in [0.05, 0.1) is 11.1 Å². The van der Waals surface area contributed by atoms with Crippen molar-refractivity contribution in [3.63, 3.8) is 0 Å². The first-order chi connectivity index (χ1) is 13.4. The molecule has 1 atom stereocenters. The fourth-order valence-corrected chi connectivity index (χ4v) is 5.01. The first kappa shape index (κ1) is 20.6. The molecule has 3 rings (SSSR count). The molecule has 0 saturated carbocycles. The Morgan fingerprint density at radius 2 is 2.00 bits per heavy atom. The van der Waals surface area contributed by atoms with E-state index in [1.54, 1.807) is 4.57 Å². The summed E-state index contributed by atoms with van der Waals surface area (Å²) in [6.07, 6.45) is 0. The molecule has 0 aliphatic heterocycles. The maximum absolute atomic E-state index is 12.8. The summed E-state index contributed by atoms with van der Waals surface area (Å²) in [5.41, 5.74) is 2.18. The zero-order valence-corrected chi connectivity index (χ0v) is 18.2. The van der Waals surface area contributed by atoms with Crippen molar-refractivity contribution in [1.29, 1.82) is 0 Å². The molecule has 148 valence electrons. The molecule has 1 aromatic carbocycles. The van der Waals surface area contributed by atoms with Gasteiger partial charge in [-0.2, -0.15) is 0 Å². The summed E-state index contributed by atoms with van der Waals surface area (Å²) in [4.78, 5) is 31.7. The van der Waals surface area contributed by atoms with Crippen LogP contribution in [0.4, 0.5) is 0 Å². The summed E-state index contributed by atoms with van der Waals surface area (Å²) >= 11 is 2.85. The van der Waals surface area contributed by atoms with Crippen molar-refractivity contribution in [2.75, 3.05) is 12.3 Å². The molecule has 0 aliphatic carbocycles. The topological polar surface area (TPSA) is 64.0 Å². The molecule has 2 heterocycles. The number of nitrogens with one attached hydrogen (secondary N) is 1. The van der Waals surface area contributed by atoms with Crippen LogP contribution < -0.4 is 10.9 Å². The van der Waals surface area contributed by atoms with Gasteiger partial charge in [-0.25, -0.2) is 4.98 Å². The number of carbonyl (C=O) groups is 1. The average molecular weight is 416 g/mol. The van der Waals surface area contributed by atoms with Crippen LogP contribution in [-0.4, -0.2) is 27.8 Å². The first-order valence-corrected chi connectivity index (χ1v) is 11.2. The maximum atomic E-state index is 12.8. The van der Waals surface area contributed by atoms with Gasteiger partial charge in [0.1, 0.15) is 4.83 Å². The lowest BCUT2D eigenvalue weighted by molar-refractivity contribution is -0.118. The highest BCUT2D eigenvalue weighted by Gasteiger charge is 2.17. The van der Waals surface area contributed by atoms with Crippen molar-refractivity contribution >= 4 is 39.2 Å². The van der Waals surface area contributed by atoms with Crippen LogP contribution in [0.1, 0.15) is 35.8 Å². The van der Waals surface area contributed by atoms with Gasteiger partial charge in [-0.05, 0) is 37.8 Å². The van der Waals surface area contributed by atoms with Gasteiger partial charge in [0.2, 0.25) is 5.91 Å². The van der Waals surface area contributed by atoms with Crippen LogP contribution in [0.5, 0.6) is 0 Å². The number of amides is 1. The van der Waals surface area contributed by atoms with Gasteiger partial charge < -0.3 is 5.32 Å². The lowest BCUT2D eigenvalue weighted by atomic mass is 10.0. The predicted octanol–water partition coefficient (Wildman–Crippen LogP) is 4.11. The van der Waals surface area contributed by atoms with Gasteiger partial charge in [0.25, 0.3) is 5.56 Å². The molecule has 0 unspecified atom stereocenters. The van der Waals surface area contributed by atoms with Crippen molar-refractivity contribution in [2.24, 2.45) is 0 Å². The number of hydrogen-bond acceptors (Lipinski definition) is 5. The van der Waals surface area contributed by atoms with Crippen LogP contribution in [0, 0.1) is 13.8 Å². The predicted molar refractivity (Wildman–Crippen MR) is 118 cm³/mol. The van der Waals surface area contributed by atoms with Crippen molar-refractivity contribution < 1.29 is 4.79 Å². The van der Waals surface area contributed by atoms with E-state index in [0.717, 1.165) is 15.3 Å². The van der Waals surface area contributed by atoms with Crippen LogP contribution in [0.2, 0.25) is 0 Å². The first-order valence-electron chi connectivity index (χ1n) is 9.37. The third-order valence-electron chi connectivity index (χ3n) is 4.88. The minimum absolute atomic E-state index is 0.0186. The highest BCUT2D eigenvalue weighted by atomic mass is 32.2. The van der Waals surface area contributed by atoms with Crippen molar-refractivity contribution in [1.82, 2.24) is 14.9 Å². The van der Waals surface area contributed by atoms with Gasteiger partial charge in [-0.3, -0.25) is 14.2 Å². The van der Waals surface area contributed by atoms with Crippen molar-refractivity contribution in [3.8, 4) is 0 Å². The number of thioether (sulfide) groups is 1. The third-order valence-corrected chi connectivity index (χ3v) is 6.95. The molecule has 0 bridgehead atoms. The summed E-state index contributed by atoms with van der Waals surface area (Å²) in [6.45, 7) is 9.10. The van der Waals surface area contributed by atoms with Gasteiger partial charge in [0.15, 0.2) is 5.16 Å². The zero-order chi connectivity index (χ0) is 20.3. The largest absolute Gasteiger partial charge is 0.355 e. The van der Waals surface area contributed by atoms with E-state index in [1.165, 1.54) is 28.7 Å². The molecular formula is C21H25N3O2S2. The van der Waals surface area contributed by atoms with Crippen molar-refractivity contribution in [3.05, 3.63) is 56.7 Å². The Balaban J connectivity index is 1.67. The number of benzene rings is 1. The Hall–Kier alpha value is -2.12. The Labute approximate surface area is 173 Å². The second-order valence-corrected chi connectivity index (χ2v) is 8.96. The Morgan fingerprint density at radius 1 is 1.29 bits per heavy atom. The molecule has 2 aromatic heterocycles. The maximum Gasteiger partial charge on any atom is 0.263 e. The molecule has 1 amide bonds. The summed E-state index contributed by atoms with van der Waals surface area (Å²) in [7, 11) is 0. The van der Waals surface area contributed by atoms with E-state index in [2.05, 4.69) is 29.4 Å². The number of aromatic nitrogens is 2. The Bertz CT molecular complexity index is 1040. The number of aryl methyl sites for hydroxylation is 2. The highest BCUT2D eigenvalue weighted by molar-refractivity contribution is 7.99. The molecule has 0 fully saturated rings. The zero-order valence-electron chi connectivity index (χ0n) is 16.6. The second-order valence-electron chi connectivity index (χ2n) is 6.81. The molecule has 0 spiro atoms. The van der Waals surface area contributed by atoms with Crippen LogP contribution >= 0.6 is 23.1 Å². The number of carbonyl (C=O) groups excluding carboxylic acids is 1. The quantitative estimate of drug-likeness (QED) is 0.466. The number of rotatable bonds is 7. The summed E-state index contributed by atoms with van der Waals surface area (Å²) in [6, 6.07) is 10.1. The van der Waals surface area contributed by atoms with Gasteiger partial charge in [-0.1, -0.05) is 49.0 Å². The second kappa shape index (κ2) is 8.92. The molecule has 7 heteroatoms. The molecule has 3 aromatic rings. The molecule has 28 heavy (non-hydrogen) atoms.